The van der Waals surface area contributed by atoms with E-state index in [2.05, 4.69) is 0 Å². The van der Waals surface area contributed by atoms with E-state index in [1.807, 2.05) is 37.3 Å². The summed E-state index contributed by atoms with van der Waals surface area (Å²) in [4.78, 5) is 25.4. The lowest BCUT2D eigenvalue weighted by Crippen LogP contribution is -2.39. The summed E-state index contributed by atoms with van der Waals surface area (Å²) in [5, 5.41) is 0. The SMILES string of the molecule is CC(C1CC1)N(Cc1ccccc1)S(=O)(=O)c1ccc2c(c1)C(=O)N(C)C2=O. The van der Waals surface area contributed by atoms with Gasteiger partial charge in [-0.15, -0.1) is 0 Å². The van der Waals surface area contributed by atoms with Crippen LogP contribution in [0.2, 0.25) is 0 Å². The molecule has 1 atom stereocenters. The van der Waals surface area contributed by atoms with Crippen LogP contribution >= 0.6 is 0 Å². The molecule has 6 nitrogen and oxygen atoms in total. The van der Waals surface area contributed by atoms with Crippen LogP contribution in [0.3, 0.4) is 0 Å². The van der Waals surface area contributed by atoms with E-state index in [1.165, 1.54) is 29.6 Å². The number of benzene rings is 2. The number of imide groups is 1. The maximum Gasteiger partial charge on any atom is 0.261 e. The number of sulfonamides is 1. The highest BCUT2D eigenvalue weighted by atomic mass is 32.2. The Labute approximate surface area is 164 Å². The van der Waals surface area contributed by atoms with Crippen molar-refractivity contribution in [3.05, 3.63) is 65.2 Å². The average molecular weight is 398 g/mol. The topological polar surface area (TPSA) is 74.8 Å². The molecule has 2 aliphatic rings. The van der Waals surface area contributed by atoms with E-state index in [9.17, 15) is 18.0 Å². The first-order chi connectivity index (χ1) is 13.3. The van der Waals surface area contributed by atoms with Crippen molar-refractivity contribution in [3.63, 3.8) is 0 Å². The fourth-order valence-electron chi connectivity index (χ4n) is 3.66. The van der Waals surface area contributed by atoms with Gasteiger partial charge in [0.15, 0.2) is 0 Å². The van der Waals surface area contributed by atoms with Gasteiger partial charge >= 0.3 is 0 Å². The second-order valence-corrected chi connectivity index (χ2v) is 9.38. The molecule has 7 heteroatoms. The van der Waals surface area contributed by atoms with Crippen LogP contribution in [0.1, 0.15) is 46.0 Å². The fourth-order valence-corrected chi connectivity index (χ4v) is 5.37. The van der Waals surface area contributed by atoms with Crippen LogP contribution in [-0.4, -0.2) is 42.5 Å². The highest BCUT2D eigenvalue weighted by molar-refractivity contribution is 7.89. The minimum absolute atomic E-state index is 0.0473. The van der Waals surface area contributed by atoms with E-state index in [-0.39, 0.29) is 28.6 Å². The lowest BCUT2D eigenvalue weighted by atomic mass is 10.1. The van der Waals surface area contributed by atoms with E-state index >= 15 is 0 Å². The lowest BCUT2D eigenvalue weighted by Gasteiger charge is -2.28. The molecule has 1 unspecified atom stereocenters. The van der Waals surface area contributed by atoms with Crippen LogP contribution in [0.4, 0.5) is 0 Å². The zero-order valence-electron chi connectivity index (χ0n) is 15.8. The van der Waals surface area contributed by atoms with Crippen molar-refractivity contribution in [3.8, 4) is 0 Å². The Morgan fingerprint density at radius 3 is 2.32 bits per heavy atom. The van der Waals surface area contributed by atoms with E-state index in [1.54, 1.807) is 0 Å². The van der Waals surface area contributed by atoms with Crippen molar-refractivity contribution in [1.29, 1.82) is 0 Å². The number of amides is 2. The van der Waals surface area contributed by atoms with Crippen LogP contribution in [0.5, 0.6) is 0 Å². The molecule has 1 aliphatic heterocycles. The molecule has 2 amide bonds. The predicted molar refractivity (Wildman–Crippen MR) is 104 cm³/mol. The third-order valence-corrected chi connectivity index (χ3v) is 7.54. The third kappa shape index (κ3) is 3.14. The zero-order valence-corrected chi connectivity index (χ0v) is 16.6. The molecule has 2 aromatic carbocycles. The van der Waals surface area contributed by atoms with Gasteiger partial charge in [-0.25, -0.2) is 8.42 Å². The van der Waals surface area contributed by atoms with Crippen molar-refractivity contribution in [2.24, 2.45) is 5.92 Å². The summed E-state index contributed by atoms with van der Waals surface area (Å²) in [6, 6.07) is 13.5. The molecule has 0 spiro atoms. The monoisotopic (exact) mass is 398 g/mol. The quantitative estimate of drug-likeness (QED) is 0.701. The second kappa shape index (κ2) is 6.83. The molecule has 1 fully saturated rings. The fraction of sp³-hybridized carbons (Fsp3) is 0.333. The molecule has 1 saturated carbocycles. The first-order valence-corrected chi connectivity index (χ1v) is 10.8. The van der Waals surface area contributed by atoms with Gasteiger partial charge in [0.2, 0.25) is 10.0 Å². The van der Waals surface area contributed by atoms with Gasteiger partial charge in [0.25, 0.3) is 11.8 Å². The number of nitrogens with zero attached hydrogens (tertiary/aromatic N) is 2. The number of hydrogen-bond donors (Lipinski definition) is 0. The van der Waals surface area contributed by atoms with Gasteiger partial charge in [0, 0.05) is 19.6 Å². The number of fused-ring (bicyclic) bond motifs is 1. The largest absolute Gasteiger partial charge is 0.277 e. The molecule has 1 aliphatic carbocycles. The van der Waals surface area contributed by atoms with Crippen LogP contribution in [0, 0.1) is 5.92 Å². The molecule has 4 rings (SSSR count). The zero-order chi connectivity index (χ0) is 20.1. The molecule has 0 saturated heterocycles. The number of carbonyl (C=O) groups excluding carboxylic acids is 2. The predicted octanol–water partition coefficient (Wildman–Crippen LogP) is 2.90. The number of carbonyl (C=O) groups is 2. The Bertz CT molecular complexity index is 1050. The van der Waals surface area contributed by atoms with Gasteiger partial charge in [0.05, 0.1) is 16.0 Å². The molecule has 1 heterocycles. The van der Waals surface area contributed by atoms with Crippen molar-refractivity contribution in [2.75, 3.05) is 7.05 Å². The normalized spacial score (nSPS) is 17.9. The second-order valence-electron chi connectivity index (χ2n) is 7.49. The molecule has 2 aromatic rings. The molecule has 146 valence electrons. The van der Waals surface area contributed by atoms with Gasteiger partial charge in [-0.2, -0.15) is 4.31 Å². The first-order valence-electron chi connectivity index (χ1n) is 9.33. The summed E-state index contributed by atoms with van der Waals surface area (Å²) in [6.07, 6.45) is 2.04. The van der Waals surface area contributed by atoms with Crippen LogP contribution in [0.25, 0.3) is 0 Å². The van der Waals surface area contributed by atoms with Gasteiger partial charge in [0.1, 0.15) is 0 Å². The Hall–Kier alpha value is -2.51. The Kier molecular flexibility index (Phi) is 4.59. The van der Waals surface area contributed by atoms with E-state index in [4.69, 9.17) is 0 Å². The minimum Gasteiger partial charge on any atom is -0.277 e. The van der Waals surface area contributed by atoms with Gasteiger partial charge in [-0.05, 0) is 49.4 Å². The summed E-state index contributed by atoms with van der Waals surface area (Å²) in [6.45, 7) is 2.21. The first kappa shape index (κ1) is 18.8. The van der Waals surface area contributed by atoms with Gasteiger partial charge in [-0.3, -0.25) is 14.5 Å². The highest BCUT2D eigenvalue weighted by Crippen LogP contribution is 2.38. The van der Waals surface area contributed by atoms with E-state index < -0.39 is 21.8 Å². The standard InChI is InChI=1S/C21H22N2O4S/c1-14(16-8-9-16)23(13-15-6-4-3-5-7-15)28(26,27)17-10-11-18-19(12-17)21(25)22(2)20(18)24/h3-7,10-12,14,16H,8-9,13H2,1-2H3. The maximum atomic E-state index is 13.5. The Morgan fingerprint density at radius 2 is 1.68 bits per heavy atom. The van der Waals surface area contributed by atoms with E-state index in [0.717, 1.165) is 23.3 Å². The third-order valence-electron chi connectivity index (χ3n) is 5.61. The smallest absolute Gasteiger partial charge is 0.261 e. The van der Waals surface area contributed by atoms with E-state index in [0.29, 0.717) is 5.92 Å². The maximum absolute atomic E-state index is 13.5. The number of hydrogen-bond acceptors (Lipinski definition) is 4. The average Bonchev–Trinajstić information content (AvgIpc) is 3.52. The van der Waals surface area contributed by atoms with Crippen LogP contribution in [-0.2, 0) is 16.6 Å². The molecule has 0 radical (unpaired) electrons. The van der Waals surface area contributed by atoms with Crippen LogP contribution < -0.4 is 0 Å². The van der Waals surface area contributed by atoms with Crippen LogP contribution in [0.15, 0.2) is 53.4 Å². The minimum atomic E-state index is -3.83. The summed E-state index contributed by atoms with van der Waals surface area (Å²) < 4.78 is 28.5. The van der Waals surface area contributed by atoms with Crippen molar-refractivity contribution in [2.45, 2.75) is 37.2 Å². The molecule has 0 N–H and O–H groups in total. The number of rotatable bonds is 6. The summed E-state index contributed by atoms with van der Waals surface area (Å²) >= 11 is 0. The molecular formula is C21H22N2O4S. The Balaban J connectivity index is 1.74. The van der Waals surface area contributed by atoms with Crippen molar-refractivity contribution >= 4 is 21.8 Å². The molecule has 0 bridgehead atoms. The van der Waals surface area contributed by atoms with Gasteiger partial charge in [-0.1, -0.05) is 30.3 Å². The molecule has 0 aromatic heterocycles. The summed E-state index contributed by atoms with van der Waals surface area (Å²) in [5.74, 6) is -0.527. The van der Waals surface area contributed by atoms with Crippen molar-refractivity contribution in [1.82, 2.24) is 9.21 Å². The highest BCUT2D eigenvalue weighted by Gasteiger charge is 2.40. The van der Waals surface area contributed by atoms with Crippen molar-refractivity contribution < 1.29 is 18.0 Å². The molecule has 28 heavy (non-hydrogen) atoms. The summed E-state index contributed by atoms with van der Waals surface area (Å²) in [7, 11) is -2.43. The molecular weight excluding hydrogens is 376 g/mol. The lowest BCUT2D eigenvalue weighted by molar-refractivity contribution is 0.0693. The summed E-state index contributed by atoms with van der Waals surface area (Å²) in [5.41, 5.74) is 1.30. The van der Waals surface area contributed by atoms with Gasteiger partial charge < -0.3 is 0 Å². The Morgan fingerprint density at radius 1 is 1.04 bits per heavy atom.